The average molecular weight is 272 g/mol. The minimum absolute atomic E-state index is 0.0543. The second-order valence-corrected chi connectivity index (χ2v) is 4.91. The smallest absolute Gasteiger partial charge is 0.330 e. The highest BCUT2D eigenvalue weighted by molar-refractivity contribution is 7.09. The van der Waals surface area contributed by atoms with Crippen molar-refractivity contribution >= 4 is 9.47 Å². The standard InChI is InChI=1S/C11H17N2O4P/c1-6-5-8(7(2)17-18)16-10(6)13-4-3-9(14)12-11(13)15/h3-4,6-8,10H,5,18H2,1-2H3,(H,12,14,15)/t6-,7-,8?,10?/m0/s1. The first-order chi connectivity index (χ1) is 8.52. The predicted octanol–water partition coefficient (Wildman–Crippen LogP) is 0.655. The van der Waals surface area contributed by atoms with E-state index in [0.717, 1.165) is 6.42 Å². The molecule has 7 heteroatoms. The van der Waals surface area contributed by atoms with Crippen molar-refractivity contribution in [3.63, 3.8) is 0 Å². The van der Waals surface area contributed by atoms with Gasteiger partial charge in [-0.05, 0) is 13.3 Å². The molecule has 1 N–H and O–H groups in total. The Balaban J connectivity index is 2.24. The minimum Gasteiger partial charge on any atom is -0.360 e. The lowest BCUT2D eigenvalue weighted by molar-refractivity contribution is -0.0500. The Hall–Kier alpha value is -0.970. The molecule has 0 aliphatic carbocycles. The van der Waals surface area contributed by atoms with Gasteiger partial charge in [-0.25, -0.2) is 4.79 Å². The van der Waals surface area contributed by atoms with Crippen molar-refractivity contribution in [3.05, 3.63) is 33.1 Å². The fourth-order valence-corrected chi connectivity index (χ4v) is 2.38. The molecule has 2 heterocycles. The topological polar surface area (TPSA) is 73.3 Å². The second kappa shape index (κ2) is 5.34. The number of hydrogen-bond acceptors (Lipinski definition) is 4. The van der Waals surface area contributed by atoms with Crippen LogP contribution >= 0.6 is 9.47 Å². The largest absolute Gasteiger partial charge is 0.360 e. The summed E-state index contributed by atoms with van der Waals surface area (Å²) in [5.41, 5.74) is -0.848. The van der Waals surface area contributed by atoms with Crippen LogP contribution in [0, 0.1) is 5.92 Å². The van der Waals surface area contributed by atoms with E-state index in [1.807, 2.05) is 13.8 Å². The molecule has 1 aromatic heterocycles. The summed E-state index contributed by atoms with van der Waals surface area (Å²) in [5, 5.41) is 0. The third-order valence-corrected chi connectivity index (χ3v) is 3.70. The first-order valence-electron chi connectivity index (χ1n) is 5.85. The summed E-state index contributed by atoms with van der Waals surface area (Å²) >= 11 is 0. The van der Waals surface area contributed by atoms with Gasteiger partial charge in [-0.2, -0.15) is 0 Å². The molecule has 100 valence electrons. The van der Waals surface area contributed by atoms with Crippen molar-refractivity contribution in [2.75, 3.05) is 0 Å². The van der Waals surface area contributed by atoms with Crippen LogP contribution in [0.5, 0.6) is 0 Å². The van der Waals surface area contributed by atoms with Gasteiger partial charge in [0.2, 0.25) is 0 Å². The van der Waals surface area contributed by atoms with E-state index in [9.17, 15) is 9.59 Å². The van der Waals surface area contributed by atoms with E-state index in [4.69, 9.17) is 9.26 Å². The number of nitrogens with one attached hydrogen (secondary N) is 1. The summed E-state index contributed by atoms with van der Waals surface area (Å²) in [6.45, 7) is 3.93. The van der Waals surface area contributed by atoms with Crippen molar-refractivity contribution in [2.24, 2.45) is 5.92 Å². The maximum atomic E-state index is 11.7. The van der Waals surface area contributed by atoms with Gasteiger partial charge in [0.15, 0.2) is 0 Å². The van der Waals surface area contributed by atoms with Gasteiger partial charge in [0.1, 0.15) is 6.23 Å². The minimum atomic E-state index is -0.445. The van der Waals surface area contributed by atoms with Crippen LogP contribution in [0.2, 0.25) is 0 Å². The van der Waals surface area contributed by atoms with E-state index in [2.05, 4.69) is 14.5 Å². The van der Waals surface area contributed by atoms with Crippen LogP contribution in [-0.2, 0) is 9.26 Å². The van der Waals surface area contributed by atoms with Crippen molar-refractivity contribution in [1.82, 2.24) is 9.55 Å². The molecular formula is C11H17N2O4P. The molecule has 0 spiro atoms. The summed E-state index contributed by atoms with van der Waals surface area (Å²) in [4.78, 5) is 25.0. The summed E-state index contributed by atoms with van der Waals surface area (Å²) in [7, 11) is 2.22. The maximum absolute atomic E-state index is 11.7. The van der Waals surface area contributed by atoms with Crippen LogP contribution in [0.25, 0.3) is 0 Å². The Morgan fingerprint density at radius 1 is 1.61 bits per heavy atom. The van der Waals surface area contributed by atoms with Crippen LogP contribution in [0.15, 0.2) is 21.9 Å². The van der Waals surface area contributed by atoms with Gasteiger partial charge >= 0.3 is 5.69 Å². The highest BCUT2D eigenvalue weighted by atomic mass is 31.0. The quantitative estimate of drug-likeness (QED) is 0.820. The lowest BCUT2D eigenvalue weighted by Gasteiger charge is -2.20. The first kappa shape index (κ1) is 13.5. The van der Waals surface area contributed by atoms with Gasteiger partial charge in [-0.1, -0.05) is 6.92 Å². The summed E-state index contributed by atoms with van der Waals surface area (Å²) in [6.07, 6.45) is 1.81. The zero-order valence-electron chi connectivity index (χ0n) is 10.3. The average Bonchev–Trinajstić information content (AvgIpc) is 2.70. The molecule has 5 atom stereocenters. The van der Waals surface area contributed by atoms with Gasteiger partial charge in [0, 0.05) is 27.6 Å². The van der Waals surface area contributed by atoms with E-state index in [1.54, 1.807) is 0 Å². The zero-order chi connectivity index (χ0) is 13.3. The Kier molecular flexibility index (Phi) is 4.00. The van der Waals surface area contributed by atoms with Gasteiger partial charge < -0.3 is 9.26 Å². The number of hydrogen-bond donors (Lipinski definition) is 1. The molecule has 2 rings (SSSR count). The Morgan fingerprint density at radius 2 is 2.33 bits per heavy atom. The number of nitrogens with zero attached hydrogens (tertiary/aromatic N) is 1. The summed E-state index contributed by atoms with van der Waals surface area (Å²) in [6, 6.07) is 1.32. The van der Waals surface area contributed by atoms with Gasteiger partial charge in [0.25, 0.3) is 5.56 Å². The number of H-pyrrole nitrogens is 1. The predicted molar refractivity (Wildman–Crippen MR) is 69.3 cm³/mol. The molecule has 0 bridgehead atoms. The summed E-state index contributed by atoms with van der Waals surface area (Å²) in [5.74, 6) is 0.182. The fourth-order valence-electron chi connectivity index (χ4n) is 2.21. The molecule has 1 aliphatic rings. The van der Waals surface area contributed by atoms with E-state index in [1.165, 1.54) is 16.8 Å². The molecule has 1 aliphatic heterocycles. The monoisotopic (exact) mass is 272 g/mol. The molecule has 1 aromatic rings. The molecule has 0 aromatic carbocycles. The van der Waals surface area contributed by atoms with Gasteiger partial charge in [-0.3, -0.25) is 14.3 Å². The normalized spacial score (nSPS) is 29.4. The number of rotatable bonds is 3. The molecule has 0 radical (unpaired) electrons. The van der Waals surface area contributed by atoms with Crippen LogP contribution in [-0.4, -0.2) is 21.8 Å². The van der Waals surface area contributed by atoms with E-state index in [0.29, 0.717) is 0 Å². The van der Waals surface area contributed by atoms with Crippen molar-refractivity contribution < 1.29 is 9.26 Å². The fraction of sp³-hybridized carbons (Fsp3) is 0.636. The number of aromatic amines is 1. The molecule has 0 amide bonds. The van der Waals surface area contributed by atoms with Crippen LogP contribution in [0.1, 0.15) is 26.5 Å². The number of ether oxygens (including phenoxy) is 1. The van der Waals surface area contributed by atoms with Crippen molar-refractivity contribution in [1.29, 1.82) is 0 Å². The first-order valence-corrected chi connectivity index (χ1v) is 6.32. The van der Waals surface area contributed by atoms with Crippen LogP contribution < -0.4 is 11.2 Å². The molecular weight excluding hydrogens is 255 g/mol. The Morgan fingerprint density at radius 3 is 2.94 bits per heavy atom. The zero-order valence-corrected chi connectivity index (χ0v) is 11.5. The van der Waals surface area contributed by atoms with Gasteiger partial charge in [0.05, 0.1) is 12.2 Å². The molecule has 6 nitrogen and oxygen atoms in total. The molecule has 3 unspecified atom stereocenters. The summed E-state index contributed by atoms with van der Waals surface area (Å²) < 4.78 is 12.4. The Labute approximate surface area is 107 Å². The van der Waals surface area contributed by atoms with Crippen LogP contribution in [0.3, 0.4) is 0 Å². The maximum Gasteiger partial charge on any atom is 0.330 e. The molecule has 1 fully saturated rings. The van der Waals surface area contributed by atoms with Crippen molar-refractivity contribution in [3.8, 4) is 0 Å². The Bertz CT molecular complexity index is 526. The highest BCUT2D eigenvalue weighted by Crippen LogP contribution is 2.35. The van der Waals surface area contributed by atoms with E-state index in [-0.39, 0.29) is 24.4 Å². The van der Waals surface area contributed by atoms with E-state index < -0.39 is 11.2 Å². The third-order valence-electron chi connectivity index (χ3n) is 3.27. The van der Waals surface area contributed by atoms with E-state index >= 15 is 0 Å². The van der Waals surface area contributed by atoms with Crippen molar-refractivity contribution in [2.45, 2.75) is 38.7 Å². The van der Waals surface area contributed by atoms with Crippen LogP contribution in [0.4, 0.5) is 0 Å². The lowest BCUT2D eigenvalue weighted by Crippen LogP contribution is -2.33. The second-order valence-electron chi connectivity index (χ2n) is 4.64. The number of aromatic nitrogens is 2. The molecule has 1 saturated heterocycles. The molecule has 18 heavy (non-hydrogen) atoms. The van der Waals surface area contributed by atoms with Gasteiger partial charge in [-0.15, -0.1) is 0 Å². The SMILES string of the molecule is C[C@H](OP)C1C[C@H](C)C(n2ccc(=O)[nH]c2=O)O1. The third kappa shape index (κ3) is 2.55. The molecule has 0 saturated carbocycles. The lowest BCUT2D eigenvalue weighted by atomic mass is 10.0. The highest BCUT2D eigenvalue weighted by Gasteiger charge is 2.36.